The maximum atomic E-state index is 11.3. The Kier molecular flexibility index (Phi) is 18.7. The van der Waals surface area contributed by atoms with Crippen molar-refractivity contribution in [1.29, 1.82) is 0 Å². The summed E-state index contributed by atoms with van der Waals surface area (Å²) in [6, 6.07) is 0. The van der Waals surface area contributed by atoms with Gasteiger partial charge in [-0.15, -0.1) is 0 Å². The molecule has 0 aliphatic rings. The quantitative estimate of drug-likeness (QED) is 0.308. The van der Waals surface area contributed by atoms with Gasteiger partial charge in [0.15, 0.2) is 0 Å². The van der Waals surface area contributed by atoms with Crippen molar-refractivity contribution >= 4 is 12.0 Å². The van der Waals surface area contributed by atoms with Gasteiger partial charge in [-0.25, -0.2) is 4.79 Å². The number of nitrogens with one attached hydrogen (secondary N) is 2. The minimum Gasteiger partial charge on any atom is -0.447 e. The van der Waals surface area contributed by atoms with Gasteiger partial charge in [0.2, 0.25) is 5.91 Å². The predicted octanol–water partition coefficient (Wildman–Crippen LogP) is -0.438. The number of carbonyl (C=O) groups is 2. The lowest BCUT2D eigenvalue weighted by Crippen LogP contribution is -2.29. The molecule has 0 aromatic rings. The highest BCUT2D eigenvalue weighted by Gasteiger charge is 2.00. The second-order valence-electron chi connectivity index (χ2n) is 4.99. The molecular formula is C16H32N2O8. The highest BCUT2D eigenvalue weighted by Crippen LogP contribution is 1.84. The zero-order chi connectivity index (χ0) is 19.3. The maximum absolute atomic E-state index is 11.3. The number of carbonyl (C=O) groups excluding carboxylic acids is 2. The average Bonchev–Trinajstić information content (AvgIpc) is 2.61. The second kappa shape index (κ2) is 19.9. The van der Waals surface area contributed by atoms with Crippen LogP contribution in [0.15, 0.2) is 0 Å². The minimum absolute atomic E-state index is 0.0737. The fraction of sp³-hybridized carbons (Fsp3) is 0.875. The van der Waals surface area contributed by atoms with Crippen LogP contribution in [-0.4, -0.2) is 98.3 Å². The summed E-state index contributed by atoms with van der Waals surface area (Å²) >= 11 is 0. The van der Waals surface area contributed by atoms with E-state index in [9.17, 15) is 9.59 Å². The maximum Gasteiger partial charge on any atom is 0.407 e. The van der Waals surface area contributed by atoms with Crippen LogP contribution in [0.25, 0.3) is 0 Å². The van der Waals surface area contributed by atoms with Crippen molar-refractivity contribution in [2.75, 3.05) is 86.3 Å². The van der Waals surface area contributed by atoms with E-state index in [0.29, 0.717) is 72.6 Å². The van der Waals surface area contributed by atoms with E-state index in [2.05, 4.69) is 10.6 Å². The summed E-state index contributed by atoms with van der Waals surface area (Å²) < 4.78 is 30.8. The summed E-state index contributed by atoms with van der Waals surface area (Å²) in [5.41, 5.74) is 0. The Bertz CT molecular complexity index is 344. The molecule has 26 heavy (non-hydrogen) atoms. The molecule has 2 N–H and O–H groups in total. The van der Waals surface area contributed by atoms with Gasteiger partial charge in [0.05, 0.1) is 59.5 Å². The lowest BCUT2D eigenvalue weighted by Gasteiger charge is -2.09. The van der Waals surface area contributed by atoms with Crippen LogP contribution in [0, 0.1) is 0 Å². The molecule has 0 aliphatic heterocycles. The van der Waals surface area contributed by atoms with Gasteiger partial charge >= 0.3 is 6.09 Å². The number of alkyl carbamates (subject to hydrolysis) is 1. The number of rotatable bonds is 18. The largest absolute Gasteiger partial charge is 0.447 e. The molecule has 0 bridgehead atoms. The van der Waals surface area contributed by atoms with Crippen LogP contribution in [-0.2, 0) is 33.2 Å². The fourth-order valence-electron chi connectivity index (χ4n) is 1.56. The predicted molar refractivity (Wildman–Crippen MR) is 93.2 cm³/mol. The Balaban J connectivity index is 3.14. The van der Waals surface area contributed by atoms with E-state index in [1.165, 1.54) is 6.92 Å². The molecule has 0 rings (SSSR count). The molecular weight excluding hydrogens is 348 g/mol. The molecule has 0 fully saturated rings. The number of hydrogen-bond donors (Lipinski definition) is 2. The van der Waals surface area contributed by atoms with Crippen LogP contribution in [0.2, 0.25) is 0 Å². The van der Waals surface area contributed by atoms with E-state index in [-0.39, 0.29) is 12.5 Å². The summed E-state index contributed by atoms with van der Waals surface area (Å²) in [6.07, 6.45) is -0.503. The van der Waals surface area contributed by atoms with Crippen LogP contribution in [0.3, 0.4) is 0 Å². The number of methoxy groups -OCH3 is 1. The van der Waals surface area contributed by atoms with Crippen molar-refractivity contribution in [2.24, 2.45) is 0 Å². The van der Waals surface area contributed by atoms with Crippen molar-refractivity contribution < 1.29 is 38.0 Å². The van der Waals surface area contributed by atoms with E-state index in [1.807, 2.05) is 0 Å². The molecule has 0 aliphatic carbocycles. The van der Waals surface area contributed by atoms with E-state index in [1.54, 1.807) is 7.11 Å². The molecule has 0 unspecified atom stereocenters. The second-order valence-corrected chi connectivity index (χ2v) is 4.99. The van der Waals surface area contributed by atoms with Crippen LogP contribution < -0.4 is 10.6 Å². The van der Waals surface area contributed by atoms with Gasteiger partial charge in [-0.2, -0.15) is 0 Å². The van der Waals surface area contributed by atoms with E-state index in [0.717, 1.165) is 0 Å². The molecule has 0 aromatic carbocycles. The molecule has 10 nitrogen and oxygen atoms in total. The van der Waals surface area contributed by atoms with Crippen molar-refractivity contribution in [3.05, 3.63) is 0 Å². The summed E-state index contributed by atoms with van der Waals surface area (Å²) in [4.78, 5) is 21.9. The zero-order valence-electron chi connectivity index (χ0n) is 15.8. The summed E-state index contributed by atoms with van der Waals surface area (Å²) in [5, 5.41) is 5.19. The molecule has 0 spiro atoms. The molecule has 154 valence electrons. The van der Waals surface area contributed by atoms with Crippen LogP contribution in [0.1, 0.15) is 6.92 Å². The number of hydrogen-bond acceptors (Lipinski definition) is 8. The van der Waals surface area contributed by atoms with E-state index >= 15 is 0 Å². The number of ether oxygens (including phenoxy) is 6. The zero-order valence-corrected chi connectivity index (χ0v) is 15.8. The molecule has 2 amide bonds. The van der Waals surface area contributed by atoms with Crippen molar-refractivity contribution in [1.82, 2.24) is 10.6 Å². The first-order chi connectivity index (χ1) is 12.7. The van der Waals surface area contributed by atoms with Gasteiger partial charge in [0, 0.05) is 27.1 Å². The van der Waals surface area contributed by atoms with Gasteiger partial charge in [0.1, 0.15) is 6.61 Å². The summed E-state index contributed by atoms with van der Waals surface area (Å²) in [6.45, 7) is 6.43. The normalized spacial score (nSPS) is 10.5. The lowest BCUT2D eigenvalue weighted by atomic mass is 10.6. The summed E-state index contributed by atoms with van der Waals surface area (Å²) in [7, 11) is 1.60. The topological polar surface area (TPSA) is 114 Å². The molecule has 0 heterocycles. The van der Waals surface area contributed by atoms with Gasteiger partial charge in [-0.3, -0.25) is 4.79 Å². The molecule has 10 heteroatoms. The Morgan fingerprint density at radius 2 is 1.12 bits per heavy atom. The molecule has 0 radical (unpaired) electrons. The van der Waals surface area contributed by atoms with Crippen LogP contribution in [0.5, 0.6) is 0 Å². The first-order valence-electron chi connectivity index (χ1n) is 8.61. The number of amides is 2. The minimum atomic E-state index is -0.503. The molecule has 0 atom stereocenters. The van der Waals surface area contributed by atoms with Gasteiger partial charge in [-0.05, 0) is 0 Å². The van der Waals surface area contributed by atoms with Crippen molar-refractivity contribution in [2.45, 2.75) is 6.92 Å². The van der Waals surface area contributed by atoms with Gasteiger partial charge in [-0.1, -0.05) is 0 Å². The highest BCUT2D eigenvalue weighted by molar-refractivity contribution is 5.72. The fourth-order valence-corrected chi connectivity index (χ4v) is 1.56. The Hall–Kier alpha value is -1.46. The van der Waals surface area contributed by atoms with E-state index < -0.39 is 6.09 Å². The Morgan fingerprint density at radius 1 is 0.654 bits per heavy atom. The van der Waals surface area contributed by atoms with Crippen molar-refractivity contribution in [3.8, 4) is 0 Å². The third-order valence-electron chi connectivity index (χ3n) is 2.77. The van der Waals surface area contributed by atoms with Crippen LogP contribution >= 0.6 is 0 Å². The van der Waals surface area contributed by atoms with Crippen LogP contribution in [0.4, 0.5) is 4.79 Å². The Labute approximate surface area is 154 Å². The SMILES string of the molecule is COCCOCCNC(=O)OCCOCCOCCOCCNC(C)=O. The smallest absolute Gasteiger partial charge is 0.407 e. The monoisotopic (exact) mass is 380 g/mol. The third kappa shape index (κ3) is 20.6. The third-order valence-corrected chi connectivity index (χ3v) is 2.77. The van der Waals surface area contributed by atoms with Gasteiger partial charge < -0.3 is 39.1 Å². The molecule has 0 saturated heterocycles. The van der Waals surface area contributed by atoms with Crippen molar-refractivity contribution in [3.63, 3.8) is 0 Å². The standard InChI is InChI=1S/C16H32N2O8/c1-15(19)17-3-5-23-9-10-24-11-12-25-13-14-26-16(20)18-4-6-22-8-7-21-2/h3-14H2,1-2H3,(H,17,19)(H,18,20). The Morgan fingerprint density at radius 3 is 1.65 bits per heavy atom. The molecule has 0 saturated carbocycles. The lowest BCUT2D eigenvalue weighted by molar-refractivity contribution is -0.119. The van der Waals surface area contributed by atoms with E-state index in [4.69, 9.17) is 28.4 Å². The molecule has 0 aromatic heterocycles. The highest BCUT2D eigenvalue weighted by atomic mass is 16.6. The average molecular weight is 380 g/mol. The summed E-state index contributed by atoms with van der Waals surface area (Å²) in [5.74, 6) is -0.0737. The first-order valence-corrected chi connectivity index (χ1v) is 8.61. The first kappa shape index (κ1) is 24.5. The van der Waals surface area contributed by atoms with Gasteiger partial charge in [0.25, 0.3) is 0 Å².